The lowest BCUT2D eigenvalue weighted by molar-refractivity contribution is -0.150. The van der Waals surface area contributed by atoms with E-state index in [0.717, 1.165) is 11.3 Å². The number of hydrogen-bond donors (Lipinski definition) is 1. The average Bonchev–Trinajstić information content (AvgIpc) is 2.41. The Bertz CT molecular complexity index is 459. The summed E-state index contributed by atoms with van der Waals surface area (Å²) in [4.78, 5) is 16.3. The number of rotatable bonds is 3. The quantitative estimate of drug-likeness (QED) is 0.910. The average molecular weight is 262 g/mol. The Balaban J connectivity index is 2.28. The van der Waals surface area contributed by atoms with Crippen molar-refractivity contribution in [3.63, 3.8) is 0 Å². The number of ketones is 1. The standard InChI is InChI=1S/C15H22N2O2/c1-9(2)15-10(3)13(18)7-14(19-15)11-5-6-17-8-12(11)16-4/h5-6,8-10,14-16H,7H2,1-4H3. The van der Waals surface area contributed by atoms with Crippen LogP contribution in [0.3, 0.4) is 0 Å². The topological polar surface area (TPSA) is 51.2 Å². The maximum absolute atomic E-state index is 12.2. The molecule has 3 atom stereocenters. The molecule has 0 bridgehead atoms. The Morgan fingerprint density at radius 2 is 2.21 bits per heavy atom. The summed E-state index contributed by atoms with van der Waals surface area (Å²) >= 11 is 0. The van der Waals surface area contributed by atoms with Crippen molar-refractivity contribution < 1.29 is 9.53 Å². The zero-order valence-corrected chi connectivity index (χ0v) is 12.0. The molecular formula is C15H22N2O2. The number of hydrogen-bond acceptors (Lipinski definition) is 4. The summed E-state index contributed by atoms with van der Waals surface area (Å²) in [5.74, 6) is 0.603. The van der Waals surface area contributed by atoms with Crippen LogP contribution in [0, 0.1) is 11.8 Å². The molecule has 1 aliphatic heterocycles. The van der Waals surface area contributed by atoms with Gasteiger partial charge >= 0.3 is 0 Å². The van der Waals surface area contributed by atoms with Gasteiger partial charge < -0.3 is 10.1 Å². The number of nitrogens with one attached hydrogen (secondary N) is 1. The van der Waals surface area contributed by atoms with E-state index in [1.54, 1.807) is 12.4 Å². The predicted molar refractivity (Wildman–Crippen MR) is 75.0 cm³/mol. The fraction of sp³-hybridized carbons (Fsp3) is 0.600. The van der Waals surface area contributed by atoms with Crippen LogP contribution in [0.15, 0.2) is 18.5 Å². The lowest BCUT2D eigenvalue weighted by atomic mass is 9.84. The number of nitrogens with zero attached hydrogens (tertiary/aromatic N) is 1. The van der Waals surface area contributed by atoms with Crippen LogP contribution in [0.2, 0.25) is 0 Å². The summed E-state index contributed by atoms with van der Waals surface area (Å²) in [6, 6.07) is 1.93. The molecule has 1 aromatic heterocycles. The lowest BCUT2D eigenvalue weighted by Crippen LogP contribution is -2.39. The number of aromatic nitrogens is 1. The second-order valence-corrected chi connectivity index (χ2v) is 5.51. The second-order valence-electron chi connectivity index (χ2n) is 5.51. The highest BCUT2D eigenvalue weighted by molar-refractivity contribution is 5.83. The van der Waals surface area contributed by atoms with Crippen LogP contribution in [0.1, 0.15) is 38.9 Å². The maximum Gasteiger partial charge on any atom is 0.141 e. The van der Waals surface area contributed by atoms with Gasteiger partial charge in [0.2, 0.25) is 0 Å². The molecule has 104 valence electrons. The van der Waals surface area contributed by atoms with E-state index in [2.05, 4.69) is 24.1 Å². The van der Waals surface area contributed by atoms with Crippen LogP contribution in [-0.2, 0) is 9.53 Å². The number of ether oxygens (including phenoxy) is 1. The predicted octanol–water partition coefficient (Wildman–Crippen LogP) is 2.81. The molecule has 1 fully saturated rings. The fourth-order valence-electron chi connectivity index (χ4n) is 2.72. The van der Waals surface area contributed by atoms with Crippen LogP contribution in [0.5, 0.6) is 0 Å². The first-order chi connectivity index (χ1) is 9.04. The van der Waals surface area contributed by atoms with Crippen molar-refractivity contribution in [2.24, 2.45) is 11.8 Å². The first-order valence-electron chi connectivity index (χ1n) is 6.84. The number of carbonyl (C=O) groups excluding carboxylic acids is 1. The van der Waals surface area contributed by atoms with Gasteiger partial charge in [-0.3, -0.25) is 9.78 Å². The van der Waals surface area contributed by atoms with Gasteiger partial charge in [-0.05, 0) is 12.0 Å². The molecule has 4 heteroatoms. The van der Waals surface area contributed by atoms with E-state index < -0.39 is 0 Å². The third-order valence-corrected chi connectivity index (χ3v) is 3.84. The van der Waals surface area contributed by atoms with Gasteiger partial charge in [0.25, 0.3) is 0 Å². The van der Waals surface area contributed by atoms with Gasteiger partial charge in [0, 0.05) is 31.1 Å². The molecule has 0 radical (unpaired) electrons. The second kappa shape index (κ2) is 5.70. The number of pyridine rings is 1. The molecule has 2 heterocycles. The highest BCUT2D eigenvalue weighted by Gasteiger charge is 2.37. The first kappa shape index (κ1) is 14.0. The van der Waals surface area contributed by atoms with Crippen molar-refractivity contribution >= 4 is 11.5 Å². The van der Waals surface area contributed by atoms with Crippen LogP contribution in [0.25, 0.3) is 0 Å². The van der Waals surface area contributed by atoms with Crippen molar-refractivity contribution in [2.45, 2.75) is 39.4 Å². The van der Waals surface area contributed by atoms with Crippen LogP contribution in [0.4, 0.5) is 5.69 Å². The molecule has 0 saturated carbocycles. The minimum atomic E-state index is -0.165. The molecule has 1 saturated heterocycles. The van der Waals surface area contributed by atoms with Gasteiger partial charge in [0.15, 0.2) is 0 Å². The molecule has 1 aliphatic rings. The van der Waals surface area contributed by atoms with Gasteiger partial charge in [-0.15, -0.1) is 0 Å². The Morgan fingerprint density at radius 3 is 2.84 bits per heavy atom. The summed E-state index contributed by atoms with van der Waals surface area (Å²) in [5.41, 5.74) is 1.95. The summed E-state index contributed by atoms with van der Waals surface area (Å²) < 4.78 is 6.17. The van der Waals surface area contributed by atoms with E-state index in [1.165, 1.54) is 0 Å². The fourth-order valence-corrected chi connectivity index (χ4v) is 2.72. The summed E-state index contributed by atoms with van der Waals surface area (Å²) in [5, 5.41) is 3.11. The molecule has 4 nitrogen and oxygen atoms in total. The molecule has 19 heavy (non-hydrogen) atoms. The SMILES string of the molecule is CNc1cnccc1C1CC(=O)C(C)C(C(C)C)O1. The van der Waals surface area contributed by atoms with Crippen LogP contribution < -0.4 is 5.32 Å². The smallest absolute Gasteiger partial charge is 0.141 e. The molecular weight excluding hydrogens is 240 g/mol. The molecule has 0 aromatic carbocycles. The van der Waals surface area contributed by atoms with Gasteiger partial charge in [-0.1, -0.05) is 20.8 Å². The summed E-state index contributed by atoms with van der Waals surface area (Å²) in [6.45, 7) is 6.17. The van der Waals surface area contributed by atoms with Crippen molar-refractivity contribution in [3.8, 4) is 0 Å². The monoisotopic (exact) mass is 262 g/mol. The molecule has 0 amide bonds. The van der Waals surface area contributed by atoms with Gasteiger partial charge in [0.1, 0.15) is 5.78 Å². The molecule has 3 unspecified atom stereocenters. The van der Waals surface area contributed by atoms with E-state index in [0.29, 0.717) is 12.3 Å². The van der Waals surface area contributed by atoms with E-state index in [9.17, 15) is 4.79 Å². The Morgan fingerprint density at radius 1 is 1.47 bits per heavy atom. The third kappa shape index (κ3) is 2.78. The Labute approximate surface area is 114 Å². The number of carbonyl (C=O) groups is 1. The normalized spacial score (nSPS) is 27.6. The van der Waals surface area contributed by atoms with Crippen molar-refractivity contribution in [1.82, 2.24) is 4.98 Å². The van der Waals surface area contributed by atoms with E-state index >= 15 is 0 Å². The molecule has 0 spiro atoms. The molecule has 0 aliphatic carbocycles. The lowest BCUT2D eigenvalue weighted by Gasteiger charge is -2.36. The number of anilines is 1. The van der Waals surface area contributed by atoms with E-state index in [4.69, 9.17) is 4.74 Å². The first-order valence-corrected chi connectivity index (χ1v) is 6.84. The van der Waals surface area contributed by atoms with Gasteiger partial charge in [-0.25, -0.2) is 0 Å². The van der Waals surface area contributed by atoms with Crippen molar-refractivity contribution in [1.29, 1.82) is 0 Å². The minimum Gasteiger partial charge on any atom is -0.387 e. The summed E-state index contributed by atoms with van der Waals surface area (Å²) in [6.07, 6.45) is 3.78. The van der Waals surface area contributed by atoms with Crippen molar-refractivity contribution in [3.05, 3.63) is 24.0 Å². The molecule has 1 N–H and O–H groups in total. The maximum atomic E-state index is 12.2. The highest BCUT2D eigenvalue weighted by atomic mass is 16.5. The van der Waals surface area contributed by atoms with Crippen LogP contribution >= 0.6 is 0 Å². The van der Waals surface area contributed by atoms with Gasteiger partial charge in [0.05, 0.1) is 24.1 Å². The van der Waals surface area contributed by atoms with E-state index in [-0.39, 0.29) is 23.9 Å². The Kier molecular flexibility index (Phi) is 4.20. The van der Waals surface area contributed by atoms with Crippen molar-refractivity contribution in [2.75, 3.05) is 12.4 Å². The zero-order valence-electron chi connectivity index (χ0n) is 12.0. The molecule has 1 aromatic rings. The largest absolute Gasteiger partial charge is 0.387 e. The molecule has 2 rings (SSSR count). The minimum absolute atomic E-state index is 0.0101. The third-order valence-electron chi connectivity index (χ3n) is 3.84. The van der Waals surface area contributed by atoms with E-state index in [1.807, 2.05) is 20.0 Å². The highest BCUT2D eigenvalue weighted by Crippen LogP contribution is 2.37. The Hall–Kier alpha value is -1.42. The summed E-state index contributed by atoms with van der Waals surface area (Å²) in [7, 11) is 1.85. The van der Waals surface area contributed by atoms with Gasteiger partial charge in [-0.2, -0.15) is 0 Å². The zero-order chi connectivity index (χ0) is 14.0. The van der Waals surface area contributed by atoms with Crippen LogP contribution in [-0.4, -0.2) is 23.9 Å². The number of Topliss-reactive ketones (excluding diaryl/α,β-unsaturated/α-hetero) is 1.